The Labute approximate surface area is 92.1 Å². The molecule has 0 saturated heterocycles. The maximum absolute atomic E-state index is 4.20. The summed E-state index contributed by atoms with van der Waals surface area (Å²) in [6.07, 6.45) is 0. The van der Waals surface area contributed by atoms with E-state index < -0.39 is 0 Å². The van der Waals surface area contributed by atoms with Crippen molar-refractivity contribution < 1.29 is 0 Å². The van der Waals surface area contributed by atoms with Crippen LogP contribution in [0.2, 0.25) is 0 Å². The zero-order chi connectivity index (χ0) is 6.15. The first-order chi connectivity index (χ1) is 3.70. The zero-order valence-corrected chi connectivity index (χ0v) is 10.8. The number of aromatic nitrogens is 1. The van der Waals surface area contributed by atoms with Gasteiger partial charge in [0.25, 0.3) is 0 Å². The van der Waals surface area contributed by atoms with Gasteiger partial charge >= 0.3 is 0 Å². The number of hydrogen-bond donors (Lipinski definition) is 0. The highest BCUT2D eigenvalue weighted by Gasteiger charge is 2.00. The molecule has 1 aromatic heterocycles. The molecule has 0 saturated carbocycles. The van der Waals surface area contributed by atoms with Gasteiger partial charge in [-0.05, 0) is 67.8 Å². The summed E-state index contributed by atoms with van der Waals surface area (Å²) in [6, 6.07) is 0. The van der Waals surface area contributed by atoms with Crippen LogP contribution in [-0.2, 0) is 0 Å². The van der Waals surface area contributed by atoms with Crippen molar-refractivity contribution in [2.75, 3.05) is 0 Å². The van der Waals surface area contributed by atoms with Crippen LogP contribution in [0.4, 0.5) is 0 Å². The van der Waals surface area contributed by atoms with Crippen LogP contribution >= 0.6 is 79.1 Å². The van der Waals surface area contributed by atoms with Gasteiger partial charge in [0.1, 0.15) is 3.70 Å². The molecule has 1 heterocycles. The lowest BCUT2D eigenvalue weighted by molar-refractivity contribution is 1.31. The molecule has 0 radical (unpaired) electrons. The maximum Gasteiger partial charge on any atom is 0.156 e. The monoisotopic (exact) mass is 463 g/mol. The van der Waals surface area contributed by atoms with E-state index in [0.717, 1.165) is 6.72 Å². The van der Waals surface area contributed by atoms with E-state index in [1.165, 1.54) is 2.88 Å². The molecule has 1 rings (SSSR count). The number of halogens is 3. The van der Waals surface area contributed by atoms with Crippen molar-refractivity contribution in [3.8, 4) is 0 Å². The second-order valence-electron chi connectivity index (χ2n) is 1.03. The number of hydrogen-bond acceptors (Lipinski definition) is 2. The molecule has 0 bridgehead atoms. The Hall–Kier alpha value is 1.82. The summed E-state index contributed by atoms with van der Waals surface area (Å²) < 4.78 is 3.53. The SMILES string of the molecule is Ic1nc(I)c(I)s1. The highest BCUT2D eigenvalue weighted by Crippen LogP contribution is 2.22. The fourth-order valence-corrected chi connectivity index (χ4v) is 4.78. The van der Waals surface area contributed by atoms with Crippen LogP contribution in [0.3, 0.4) is 0 Å². The number of thiazole rings is 1. The largest absolute Gasteiger partial charge is 0.223 e. The lowest BCUT2D eigenvalue weighted by Crippen LogP contribution is -1.69. The second-order valence-corrected chi connectivity index (χ2v) is 6.62. The van der Waals surface area contributed by atoms with Crippen molar-refractivity contribution in [2.24, 2.45) is 0 Å². The average molecular weight is 463 g/mol. The number of nitrogens with zero attached hydrogens (tertiary/aromatic N) is 1. The molecule has 0 N–H and O–H groups in total. The van der Waals surface area contributed by atoms with Crippen molar-refractivity contribution in [1.82, 2.24) is 4.98 Å². The fraction of sp³-hybridized carbons (Fsp3) is 0. The smallest absolute Gasteiger partial charge is 0.156 e. The Morgan fingerprint density at radius 1 is 1.25 bits per heavy atom. The standard InChI is InChI=1S/C3I3NS/c4-1-2(5)8-3(6)7-1. The molecule has 1 nitrogen and oxygen atoms in total. The lowest BCUT2D eigenvalue weighted by Gasteiger charge is -1.72. The molecule has 0 atom stereocenters. The van der Waals surface area contributed by atoms with Gasteiger partial charge in [0.2, 0.25) is 0 Å². The second kappa shape index (κ2) is 3.28. The summed E-state index contributed by atoms with van der Waals surface area (Å²) in [6.45, 7) is 0. The zero-order valence-electron chi connectivity index (χ0n) is 3.49. The van der Waals surface area contributed by atoms with Gasteiger partial charge in [-0.25, -0.2) is 4.98 Å². The highest BCUT2D eigenvalue weighted by atomic mass is 127. The summed E-state index contributed by atoms with van der Waals surface area (Å²) >= 11 is 8.47. The van der Waals surface area contributed by atoms with E-state index in [1.54, 1.807) is 11.3 Å². The Morgan fingerprint density at radius 3 is 2.00 bits per heavy atom. The molecule has 0 amide bonds. The molecular weight excluding hydrogens is 463 g/mol. The lowest BCUT2D eigenvalue weighted by atomic mass is 11.0. The molecule has 0 aliphatic heterocycles. The van der Waals surface area contributed by atoms with Crippen molar-refractivity contribution in [1.29, 1.82) is 0 Å². The number of rotatable bonds is 0. The molecule has 0 aliphatic carbocycles. The summed E-state index contributed by atoms with van der Waals surface area (Å²) in [5, 5.41) is 0. The topological polar surface area (TPSA) is 12.9 Å². The minimum absolute atomic E-state index is 1.12. The highest BCUT2D eigenvalue weighted by molar-refractivity contribution is 14.1. The van der Waals surface area contributed by atoms with Crippen molar-refractivity contribution in [3.63, 3.8) is 0 Å². The first-order valence-corrected chi connectivity index (χ1v) is 5.73. The van der Waals surface area contributed by atoms with Crippen molar-refractivity contribution >= 4 is 79.1 Å². The summed E-state index contributed by atoms with van der Waals surface area (Å²) in [5.74, 6) is 0. The summed E-state index contributed by atoms with van der Waals surface area (Å²) in [7, 11) is 0. The molecular formula is C3I3NS. The Kier molecular flexibility index (Phi) is 3.25. The van der Waals surface area contributed by atoms with Gasteiger partial charge in [0.05, 0.1) is 2.88 Å². The average Bonchev–Trinajstić information content (AvgIpc) is 1.85. The summed E-state index contributed by atoms with van der Waals surface area (Å²) in [5.41, 5.74) is 0. The van der Waals surface area contributed by atoms with Crippen LogP contribution in [0.25, 0.3) is 0 Å². The van der Waals surface area contributed by atoms with Crippen LogP contribution in [0.15, 0.2) is 0 Å². The molecule has 5 heteroatoms. The van der Waals surface area contributed by atoms with Gasteiger partial charge in [-0.2, -0.15) is 0 Å². The van der Waals surface area contributed by atoms with E-state index in [9.17, 15) is 0 Å². The molecule has 0 unspecified atom stereocenters. The van der Waals surface area contributed by atoms with Gasteiger partial charge in [-0.1, -0.05) is 0 Å². The Bertz CT molecular complexity index is 177. The van der Waals surface area contributed by atoms with Crippen LogP contribution in [0.5, 0.6) is 0 Å². The van der Waals surface area contributed by atoms with E-state index in [1.807, 2.05) is 0 Å². The van der Waals surface area contributed by atoms with Gasteiger partial charge in [-0.3, -0.25) is 0 Å². The molecule has 0 spiro atoms. The van der Waals surface area contributed by atoms with E-state index in [-0.39, 0.29) is 0 Å². The van der Waals surface area contributed by atoms with Crippen molar-refractivity contribution in [3.05, 3.63) is 9.60 Å². The maximum atomic E-state index is 4.20. The third-order valence-electron chi connectivity index (χ3n) is 0.522. The van der Waals surface area contributed by atoms with E-state index in [4.69, 9.17) is 0 Å². The normalized spacial score (nSPS) is 9.88. The summed E-state index contributed by atoms with van der Waals surface area (Å²) in [4.78, 5) is 4.20. The van der Waals surface area contributed by atoms with E-state index >= 15 is 0 Å². The quantitative estimate of drug-likeness (QED) is 0.540. The van der Waals surface area contributed by atoms with Gasteiger partial charge in [-0.15, -0.1) is 11.3 Å². The van der Waals surface area contributed by atoms with Crippen LogP contribution in [0.1, 0.15) is 0 Å². The van der Waals surface area contributed by atoms with Crippen LogP contribution < -0.4 is 0 Å². The van der Waals surface area contributed by atoms with E-state index in [2.05, 4.69) is 72.8 Å². The Balaban J connectivity index is 3.14. The molecule has 0 aliphatic rings. The molecule has 0 aromatic carbocycles. The molecule has 0 fully saturated rings. The van der Waals surface area contributed by atoms with E-state index in [0.29, 0.717) is 0 Å². The predicted molar refractivity (Wildman–Crippen MR) is 60.3 cm³/mol. The van der Waals surface area contributed by atoms with Crippen molar-refractivity contribution in [2.45, 2.75) is 0 Å². The predicted octanol–water partition coefficient (Wildman–Crippen LogP) is 2.96. The first-order valence-electron chi connectivity index (χ1n) is 1.67. The third kappa shape index (κ3) is 1.90. The molecule has 8 heavy (non-hydrogen) atoms. The first kappa shape index (κ1) is 7.92. The minimum atomic E-state index is 1.12. The third-order valence-corrected chi connectivity index (χ3v) is 5.41. The van der Waals surface area contributed by atoms with Gasteiger partial charge < -0.3 is 0 Å². The van der Waals surface area contributed by atoms with Crippen LogP contribution in [0, 0.1) is 9.60 Å². The van der Waals surface area contributed by atoms with Gasteiger partial charge in [0.15, 0.2) is 3.01 Å². The van der Waals surface area contributed by atoms with Gasteiger partial charge in [0, 0.05) is 0 Å². The van der Waals surface area contributed by atoms with Crippen LogP contribution in [-0.4, -0.2) is 4.98 Å². The fourth-order valence-electron chi connectivity index (χ4n) is 0.260. The Morgan fingerprint density at radius 2 is 1.88 bits per heavy atom. The minimum Gasteiger partial charge on any atom is -0.223 e. The molecule has 1 aromatic rings. The molecule has 44 valence electrons.